The van der Waals surface area contributed by atoms with E-state index in [1.807, 2.05) is 0 Å². The molecule has 0 aliphatic heterocycles. The van der Waals surface area contributed by atoms with Crippen molar-refractivity contribution in [2.75, 3.05) is 6.54 Å². The fourth-order valence-corrected chi connectivity index (χ4v) is 4.67. The number of hydrogen-bond donors (Lipinski definition) is 1. The molecule has 1 aromatic rings. The van der Waals surface area contributed by atoms with Gasteiger partial charge in [-0.05, 0) is 37.0 Å². The highest BCUT2D eigenvalue weighted by molar-refractivity contribution is 7.09. The Bertz CT molecular complexity index is 404. The van der Waals surface area contributed by atoms with E-state index in [4.69, 9.17) is 0 Å². The Hall–Kier alpha value is -0.410. The Morgan fingerprint density at radius 2 is 1.89 bits per heavy atom. The van der Waals surface area contributed by atoms with E-state index in [1.165, 1.54) is 24.3 Å². The van der Waals surface area contributed by atoms with Crippen LogP contribution in [-0.4, -0.2) is 17.6 Å². The third kappa shape index (κ3) is 4.57. The van der Waals surface area contributed by atoms with E-state index in [1.54, 1.807) is 11.3 Å². The maximum Gasteiger partial charge on any atom is 0.0940 e. The number of thiazole rings is 1. The van der Waals surface area contributed by atoms with Crippen LogP contribution in [-0.2, 0) is 6.42 Å². The molecule has 1 fully saturated rings. The summed E-state index contributed by atoms with van der Waals surface area (Å²) in [5.41, 5.74) is 2.09. The van der Waals surface area contributed by atoms with Gasteiger partial charge in [0, 0.05) is 30.1 Å². The van der Waals surface area contributed by atoms with Crippen LogP contribution in [0.5, 0.6) is 0 Å². The monoisotopic (exact) mass is 280 g/mol. The van der Waals surface area contributed by atoms with Crippen LogP contribution >= 0.6 is 11.3 Å². The summed E-state index contributed by atoms with van der Waals surface area (Å²) in [6.45, 7) is 12.8. The van der Waals surface area contributed by atoms with Crippen LogP contribution in [0.25, 0.3) is 0 Å². The molecule has 0 saturated heterocycles. The minimum Gasteiger partial charge on any atom is -0.314 e. The number of aryl methyl sites for hydroxylation is 1. The first kappa shape index (κ1) is 15.0. The molecular formula is C16H28N2S. The second-order valence-corrected chi connectivity index (χ2v) is 8.64. The zero-order chi connectivity index (χ0) is 14.1. The van der Waals surface area contributed by atoms with Gasteiger partial charge in [-0.1, -0.05) is 27.7 Å². The third-order valence-corrected chi connectivity index (χ3v) is 5.02. The van der Waals surface area contributed by atoms with Gasteiger partial charge in [0.1, 0.15) is 0 Å². The van der Waals surface area contributed by atoms with Gasteiger partial charge in [0.15, 0.2) is 0 Å². The van der Waals surface area contributed by atoms with Crippen molar-refractivity contribution in [1.29, 1.82) is 0 Å². The van der Waals surface area contributed by atoms with Crippen molar-refractivity contribution in [3.63, 3.8) is 0 Å². The van der Waals surface area contributed by atoms with Crippen LogP contribution in [0.4, 0.5) is 0 Å². The number of hydrogen-bond acceptors (Lipinski definition) is 3. The SMILES string of the molecule is Cc1csc(CCNC2CC(C)(C)CC(C)(C)C2)n1. The molecule has 1 aromatic heterocycles. The highest BCUT2D eigenvalue weighted by atomic mass is 32.1. The van der Waals surface area contributed by atoms with Crippen molar-refractivity contribution in [3.8, 4) is 0 Å². The average Bonchev–Trinajstić information content (AvgIpc) is 2.59. The number of rotatable bonds is 4. The molecule has 0 atom stereocenters. The van der Waals surface area contributed by atoms with Crippen LogP contribution in [0.2, 0.25) is 0 Å². The van der Waals surface area contributed by atoms with Gasteiger partial charge < -0.3 is 5.32 Å². The molecule has 2 nitrogen and oxygen atoms in total. The van der Waals surface area contributed by atoms with Crippen molar-refractivity contribution >= 4 is 11.3 Å². The predicted molar refractivity (Wildman–Crippen MR) is 83.8 cm³/mol. The van der Waals surface area contributed by atoms with E-state index in [2.05, 4.69) is 50.3 Å². The van der Waals surface area contributed by atoms with Gasteiger partial charge in [-0.3, -0.25) is 0 Å². The van der Waals surface area contributed by atoms with Crippen molar-refractivity contribution in [2.24, 2.45) is 10.8 Å². The third-order valence-electron chi connectivity index (χ3n) is 3.99. The lowest BCUT2D eigenvalue weighted by molar-refractivity contribution is 0.0854. The van der Waals surface area contributed by atoms with Gasteiger partial charge in [0.2, 0.25) is 0 Å². The molecule has 1 saturated carbocycles. The van der Waals surface area contributed by atoms with E-state index in [9.17, 15) is 0 Å². The molecular weight excluding hydrogens is 252 g/mol. The zero-order valence-corrected chi connectivity index (χ0v) is 13.9. The van der Waals surface area contributed by atoms with Gasteiger partial charge in [-0.15, -0.1) is 11.3 Å². The van der Waals surface area contributed by atoms with Gasteiger partial charge >= 0.3 is 0 Å². The van der Waals surface area contributed by atoms with E-state index in [0.717, 1.165) is 18.7 Å². The summed E-state index contributed by atoms with van der Waals surface area (Å²) in [6.07, 6.45) is 5.00. The number of nitrogens with one attached hydrogen (secondary N) is 1. The Labute approximate surface area is 122 Å². The van der Waals surface area contributed by atoms with E-state index < -0.39 is 0 Å². The Balaban J connectivity index is 1.82. The molecule has 19 heavy (non-hydrogen) atoms. The fraction of sp³-hybridized carbons (Fsp3) is 0.812. The molecule has 1 aliphatic carbocycles. The molecule has 1 heterocycles. The predicted octanol–water partition coefficient (Wildman–Crippen LogP) is 4.19. The second kappa shape index (κ2) is 5.53. The molecule has 0 unspecified atom stereocenters. The topological polar surface area (TPSA) is 24.9 Å². The quantitative estimate of drug-likeness (QED) is 0.894. The molecule has 1 aliphatic rings. The highest BCUT2D eigenvalue weighted by Crippen LogP contribution is 2.45. The van der Waals surface area contributed by atoms with Crippen molar-refractivity contribution in [2.45, 2.75) is 66.3 Å². The summed E-state index contributed by atoms with van der Waals surface area (Å²) in [5, 5.41) is 7.16. The van der Waals surface area contributed by atoms with E-state index in [-0.39, 0.29) is 0 Å². The van der Waals surface area contributed by atoms with Crippen LogP contribution in [0, 0.1) is 17.8 Å². The number of nitrogens with zero attached hydrogens (tertiary/aromatic N) is 1. The molecule has 0 bridgehead atoms. The number of aromatic nitrogens is 1. The minimum absolute atomic E-state index is 0.469. The van der Waals surface area contributed by atoms with Crippen LogP contribution in [0.15, 0.2) is 5.38 Å². The Morgan fingerprint density at radius 1 is 1.26 bits per heavy atom. The average molecular weight is 280 g/mol. The summed E-state index contributed by atoms with van der Waals surface area (Å²) < 4.78 is 0. The maximum atomic E-state index is 4.53. The lowest BCUT2D eigenvalue weighted by Gasteiger charge is -2.45. The van der Waals surface area contributed by atoms with Gasteiger partial charge in [-0.25, -0.2) is 4.98 Å². The van der Waals surface area contributed by atoms with Crippen molar-refractivity contribution in [3.05, 3.63) is 16.1 Å². The standard InChI is InChI=1S/C16H28N2S/c1-12-10-19-14(18-12)6-7-17-13-8-15(2,3)11-16(4,5)9-13/h10,13,17H,6-9,11H2,1-5H3. The lowest BCUT2D eigenvalue weighted by atomic mass is 9.63. The van der Waals surface area contributed by atoms with E-state index >= 15 is 0 Å². The normalized spacial score (nSPS) is 22.6. The Kier molecular flexibility index (Phi) is 4.36. The molecule has 0 amide bonds. The maximum absolute atomic E-state index is 4.53. The van der Waals surface area contributed by atoms with Crippen molar-refractivity contribution in [1.82, 2.24) is 10.3 Å². The molecule has 3 heteroatoms. The van der Waals surface area contributed by atoms with Crippen LogP contribution in [0.3, 0.4) is 0 Å². The molecule has 2 rings (SSSR count). The summed E-state index contributed by atoms with van der Waals surface area (Å²) in [7, 11) is 0. The smallest absolute Gasteiger partial charge is 0.0940 e. The first-order valence-electron chi connectivity index (χ1n) is 7.40. The largest absolute Gasteiger partial charge is 0.314 e. The minimum atomic E-state index is 0.469. The van der Waals surface area contributed by atoms with Crippen LogP contribution in [0.1, 0.15) is 57.7 Å². The van der Waals surface area contributed by atoms with Crippen LogP contribution < -0.4 is 5.32 Å². The molecule has 0 spiro atoms. The molecule has 1 N–H and O–H groups in total. The molecule has 108 valence electrons. The molecule has 0 radical (unpaired) electrons. The lowest BCUT2D eigenvalue weighted by Crippen LogP contribution is -2.44. The fourth-order valence-electron chi connectivity index (χ4n) is 3.89. The van der Waals surface area contributed by atoms with Crippen molar-refractivity contribution < 1.29 is 0 Å². The first-order valence-corrected chi connectivity index (χ1v) is 8.28. The highest BCUT2D eigenvalue weighted by Gasteiger charge is 2.37. The van der Waals surface area contributed by atoms with Gasteiger partial charge in [0.05, 0.1) is 5.01 Å². The molecule has 0 aromatic carbocycles. The Morgan fingerprint density at radius 3 is 2.42 bits per heavy atom. The van der Waals surface area contributed by atoms with Gasteiger partial charge in [-0.2, -0.15) is 0 Å². The summed E-state index contributed by atoms with van der Waals surface area (Å²) in [6, 6.07) is 0.666. The first-order chi connectivity index (χ1) is 8.76. The zero-order valence-electron chi connectivity index (χ0n) is 13.0. The second-order valence-electron chi connectivity index (χ2n) is 7.70. The summed E-state index contributed by atoms with van der Waals surface area (Å²) in [5.74, 6) is 0. The summed E-state index contributed by atoms with van der Waals surface area (Å²) >= 11 is 1.78. The van der Waals surface area contributed by atoms with E-state index in [0.29, 0.717) is 16.9 Å². The summed E-state index contributed by atoms with van der Waals surface area (Å²) in [4.78, 5) is 4.53. The van der Waals surface area contributed by atoms with Gasteiger partial charge in [0.25, 0.3) is 0 Å².